The molecule has 0 saturated carbocycles. The van der Waals surface area contributed by atoms with E-state index in [9.17, 15) is 4.79 Å². The number of aromatic nitrogens is 1. The lowest BCUT2D eigenvalue weighted by molar-refractivity contribution is 0.102. The predicted molar refractivity (Wildman–Crippen MR) is 103 cm³/mol. The quantitative estimate of drug-likeness (QED) is 0.667. The van der Waals surface area contributed by atoms with Gasteiger partial charge in [-0.3, -0.25) is 10.1 Å². The summed E-state index contributed by atoms with van der Waals surface area (Å²) < 4.78 is 17.1. The van der Waals surface area contributed by atoms with Crippen LogP contribution in [0, 0.1) is 0 Å². The van der Waals surface area contributed by atoms with E-state index in [4.69, 9.17) is 14.2 Å². The summed E-state index contributed by atoms with van der Waals surface area (Å²) in [5, 5.41) is 3.33. The lowest BCUT2D eigenvalue weighted by atomic mass is 10.2. The van der Waals surface area contributed by atoms with Crippen LogP contribution in [-0.4, -0.2) is 31.7 Å². The minimum absolute atomic E-state index is 0.239. The molecule has 0 aliphatic rings. The zero-order valence-electron chi connectivity index (χ0n) is 14.9. The van der Waals surface area contributed by atoms with E-state index in [2.05, 4.69) is 10.3 Å². The molecule has 0 spiro atoms. The number of hydrogen-bond acceptors (Lipinski definition) is 6. The standard InChI is InChI=1S/C19H20N2O4S/c1-4-8-25-13-7-5-6-12(9-13)18(22)21-19-20-17-15(24-3)10-14(23-2)11-16(17)26-19/h5-7,9-11H,4,8H2,1-3H3,(H,20,21,22). The fourth-order valence-corrected chi connectivity index (χ4v) is 3.32. The van der Waals surface area contributed by atoms with Crippen molar-refractivity contribution in [1.29, 1.82) is 0 Å². The molecule has 0 aliphatic heterocycles. The molecule has 2 aromatic carbocycles. The third kappa shape index (κ3) is 3.88. The van der Waals surface area contributed by atoms with Gasteiger partial charge in [-0.1, -0.05) is 24.3 Å². The van der Waals surface area contributed by atoms with Crippen molar-refractivity contribution < 1.29 is 19.0 Å². The molecular weight excluding hydrogens is 352 g/mol. The molecule has 0 unspecified atom stereocenters. The van der Waals surface area contributed by atoms with E-state index >= 15 is 0 Å². The van der Waals surface area contributed by atoms with Gasteiger partial charge in [-0.15, -0.1) is 0 Å². The third-order valence-corrected chi connectivity index (χ3v) is 4.60. The average Bonchev–Trinajstić information content (AvgIpc) is 3.07. The number of methoxy groups -OCH3 is 2. The highest BCUT2D eigenvalue weighted by molar-refractivity contribution is 7.22. The second-order valence-corrected chi connectivity index (χ2v) is 6.56. The van der Waals surface area contributed by atoms with Crippen molar-refractivity contribution in [1.82, 2.24) is 4.98 Å². The Morgan fingerprint density at radius 1 is 1.15 bits per heavy atom. The van der Waals surface area contributed by atoms with Crippen LogP contribution in [0.3, 0.4) is 0 Å². The average molecular weight is 372 g/mol. The molecule has 0 atom stereocenters. The fourth-order valence-electron chi connectivity index (χ4n) is 2.42. The van der Waals surface area contributed by atoms with Crippen LogP contribution in [0.1, 0.15) is 23.7 Å². The van der Waals surface area contributed by atoms with Crippen molar-refractivity contribution >= 4 is 32.6 Å². The van der Waals surface area contributed by atoms with Crippen LogP contribution in [0.15, 0.2) is 36.4 Å². The van der Waals surface area contributed by atoms with Gasteiger partial charge >= 0.3 is 0 Å². The summed E-state index contributed by atoms with van der Waals surface area (Å²) in [5.74, 6) is 1.72. The highest BCUT2D eigenvalue weighted by Crippen LogP contribution is 2.36. The van der Waals surface area contributed by atoms with Crippen LogP contribution in [0.25, 0.3) is 10.2 Å². The molecule has 0 aliphatic carbocycles. The number of carbonyl (C=O) groups excluding carboxylic acids is 1. The number of amides is 1. The molecule has 136 valence electrons. The number of nitrogens with zero attached hydrogens (tertiary/aromatic N) is 1. The van der Waals surface area contributed by atoms with Gasteiger partial charge in [0.2, 0.25) is 0 Å². The number of anilines is 1. The molecule has 0 bridgehead atoms. The monoisotopic (exact) mass is 372 g/mol. The summed E-state index contributed by atoms with van der Waals surface area (Å²) in [6, 6.07) is 10.7. The maximum atomic E-state index is 12.5. The normalized spacial score (nSPS) is 10.6. The van der Waals surface area contributed by atoms with Crippen LogP contribution in [0.2, 0.25) is 0 Å². The van der Waals surface area contributed by atoms with Crippen molar-refractivity contribution in [3.05, 3.63) is 42.0 Å². The van der Waals surface area contributed by atoms with E-state index in [0.717, 1.165) is 11.1 Å². The minimum atomic E-state index is -0.239. The summed E-state index contributed by atoms with van der Waals surface area (Å²) in [7, 11) is 3.17. The summed E-state index contributed by atoms with van der Waals surface area (Å²) >= 11 is 1.36. The lowest BCUT2D eigenvalue weighted by Gasteiger charge is -2.06. The van der Waals surface area contributed by atoms with E-state index in [1.807, 2.05) is 19.1 Å². The number of ether oxygens (including phenoxy) is 3. The van der Waals surface area contributed by atoms with E-state index in [-0.39, 0.29) is 5.91 Å². The first kappa shape index (κ1) is 18.0. The Kier molecular flexibility index (Phi) is 5.58. The summed E-state index contributed by atoms with van der Waals surface area (Å²) in [6.07, 6.45) is 0.910. The van der Waals surface area contributed by atoms with Crippen LogP contribution in [-0.2, 0) is 0 Å². The molecule has 0 saturated heterocycles. The molecule has 1 heterocycles. The summed E-state index contributed by atoms with van der Waals surface area (Å²) in [4.78, 5) is 17.0. The van der Waals surface area contributed by atoms with Crippen molar-refractivity contribution in [2.75, 3.05) is 26.1 Å². The number of nitrogens with one attached hydrogen (secondary N) is 1. The van der Waals surface area contributed by atoms with Gasteiger partial charge < -0.3 is 14.2 Å². The third-order valence-electron chi connectivity index (χ3n) is 3.68. The first-order chi connectivity index (χ1) is 12.6. The van der Waals surface area contributed by atoms with Crippen molar-refractivity contribution in [2.24, 2.45) is 0 Å². The Morgan fingerprint density at radius 2 is 2.00 bits per heavy atom. The Labute approximate surface area is 155 Å². The smallest absolute Gasteiger partial charge is 0.257 e. The summed E-state index contributed by atoms with van der Waals surface area (Å²) in [5.41, 5.74) is 1.20. The van der Waals surface area contributed by atoms with Gasteiger partial charge in [-0.25, -0.2) is 4.98 Å². The molecule has 1 amide bonds. The highest BCUT2D eigenvalue weighted by atomic mass is 32.1. The molecule has 0 radical (unpaired) electrons. The second kappa shape index (κ2) is 8.05. The van der Waals surface area contributed by atoms with Gasteiger partial charge in [0.1, 0.15) is 22.8 Å². The molecule has 3 rings (SSSR count). The van der Waals surface area contributed by atoms with Crippen molar-refractivity contribution in [2.45, 2.75) is 13.3 Å². The van der Waals surface area contributed by atoms with Gasteiger partial charge in [0.15, 0.2) is 5.13 Å². The zero-order valence-corrected chi connectivity index (χ0v) is 15.7. The molecular formula is C19H20N2O4S. The molecule has 6 nitrogen and oxygen atoms in total. The number of fused-ring (bicyclic) bond motifs is 1. The summed E-state index contributed by atoms with van der Waals surface area (Å²) in [6.45, 7) is 2.65. The number of carbonyl (C=O) groups is 1. The van der Waals surface area contributed by atoms with E-state index in [0.29, 0.717) is 40.1 Å². The minimum Gasteiger partial charge on any atom is -0.497 e. The topological polar surface area (TPSA) is 69.7 Å². The van der Waals surface area contributed by atoms with Crippen LogP contribution in [0.4, 0.5) is 5.13 Å². The SMILES string of the molecule is CCCOc1cccc(C(=O)Nc2nc3c(OC)cc(OC)cc3s2)c1. The number of rotatable bonds is 7. The van der Waals surface area contributed by atoms with Gasteiger partial charge in [0.25, 0.3) is 5.91 Å². The first-order valence-electron chi connectivity index (χ1n) is 8.21. The molecule has 7 heteroatoms. The predicted octanol–water partition coefficient (Wildman–Crippen LogP) is 4.35. The van der Waals surface area contributed by atoms with Gasteiger partial charge in [0.05, 0.1) is 25.5 Å². The molecule has 1 aromatic heterocycles. The Morgan fingerprint density at radius 3 is 2.73 bits per heavy atom. The van der Waals surface area contributed by atoms with E-state index in [1.54, 1.807) is 38.5 Å². The van der Waals surface area contributed by atoms with Crippen LogP contribution >= 0.6 is 11.3 Å². The van der Waals surface area contributed by atoms with E-state index in [1.165, 1.54) is 11.3 Å². The Hall–Kier alpha value is -2.80. The lowest BCUT2D eigenvalue weighted by Crippen LogP contribution is -2.11. The van der Waals surface area contributed by atoms with E-state index < -0.39 is 0 Å². The molecule has 1 N–H and O–H groups in total. The first-order valence-corrected chi connectivity index (χ1v) is 9.03. The number of thiazole rings is 1. The van der Waals surface area contributed by atoms with Gasteiger partial charge in [0, 0.05) is 11.6 Å². The maximum absolute atomic E-state index is 12.5. The fraction of sp³-hybridized carbons (Fsp3) is 0.263. The number of hydrogen-bond donors (Lipinski definition) is 1. The second-order valence-electron chi connectivity index (χ2n) is 5.53. The Bertz CT molecular complexity index is 923. The molecule has 0 fully saturated rings. The van der Waals surface area contributed by atoms with Crippen LogP contribution < -0.4 is 19.5 Å². The van der Waals surface area contributed by atoms with Crippen molar-refractivity contribution in [3.63, 3.8) is 0 Å². The largest absolute Gasteiger partial charge is 0.497 e. The number of benzene rings is 2. The molecule has 26 heavy (non-hydrogen) atoms. The zero-order chi connectivity index (χ0) is 18.5. The van der Waals surface area contributed by atoms with Gasteiger partial charge in [-0.2, -0.15) is 0 Å². The van der Waals surface area contributed by atoms with Crippen molar-refractivity contribution in [3.8, 4) is 17.2 Å². The van der Waals surface area contributed by atoms with Gasteiger partial charge in [-0.05, 0) is 30.7 Å². The molecule has 3 aromatic rings. The Balaban J connectivity index is 1.83. The highest BCUT2D eigenvalue weighted by Gasteiger charge is 2.14. The van der Waals surface area contributed by atoms with Crippen LogP contribution in [0.5, 0.6) is 17.2 Å². The maximum Gasteiger partial charge on any atom is 0.257 e.